The van der Waals surface area contributed by atoms with Crippen molar-refractivity contribution in [1.82, 2.24) is 0 Å². The van der Waals surface area contributed by atoms with E-state index in [9.17, 15) is 0 Å². The van der Waals surface area contributed by atoms with Crippen LogP contribution in [0.2, 0.25) is 0 Å². The van der Waals surface area contributed by atoms with Gasteiger partial charge in [-0.15, -0.1) is 0 Å². The molecule has 2 N–H and O–H groups in total. The normalized spacial score (nSPS) is 13.9. The van der Waals surface area contributed by atoms with Crippen molar-refractivity contribution in [2.75, 3.05) is 0 Å². The molecule has 222 valence electrons. The number of nitrogens with two attached hydrogens (primary N) is 1. The molecule has 0 bridgehead atoms. The molecule has 1 aliphatic rings. The molecular formula is C36H68N2. The van der Waals surface area contributed by atoms with E-state index in [-0.39, 0.29) is 0 Å². The summed E-state index contributed by atoms with van der Waals surface area (Å²) < 4.78 is 0. The first-order valence-corrected chi connectivity index (χ1v) is 15.6. The van der Waals surface area contributed by atoms with Crippen LogP contribution in [-0.4, -0.2) is 5.71 Å². The fraction of sp³-hybridized carbons (Fsp3) is 0.694. The van der Waals surface area contributed by atoms with Gasteiger partial charge in [-0.05, 0) is 89.2 Å². The van der Waals surface area contributed by atoms with E-state index in [0.29, 0.717) is 11.1 Å². The van der Waals surface area contributed by atoms with E-state index in [1.807, 2.05) is 34.6 Å². The third-order valence-electron chi connectivity index (χ3n) is 7.31. The molecule has 2 heteroatoms. The van der Waals surface area contributed by atoms with Crippen LogP contribution in [0.5, 0.6) is 0 Å². The summed E-state index contributed by atoms with van der Waals surface area (Å²) in [6.07, 6.45) is 14.2. The Morgan fingerprint density at radius 1 is 0.974 bits per heavy atom. The molecule has 0 saturated heterocycles. The Balaban J connectivity index is -0.000000598. The fourth-order valence-electron chi connectivity index (χ4n) is 5.18. The molecule has 1 aliphatic carbocycles. The zero-order chi connectivity index (χ0) is 30.5. The smallest absolute Gasteiger partial charge is 0.0933 e. The van der Waals surface area contributed by atoms with E-state index >= 15 is 0 Å². The molecule has 0 aromatic heterocycles. The maximum absolute atomic E-state index is 5.97. The molecule has 1 atom stereocenters. The second-order valence-electron chi connectivity index (χ2n) is 10.7. The van der Waals surface area contributed by atoms with Crippen LogP contribution in [0, 0.1) is 11.3 Å². The van der Waals surface area contributed by atoms with Crippen molar-refractivity contribution in [3.8, 4) is 0 Å². The molecule has 0 fully saturated rings. The van der Waals surface area contributed by atoms with Gasteiger partial charge >= 0.3 is 0 Å². The molecular weight excluding hydrogens is 460 g/mol. The van der Waals surface area contributed by atoms with Gasteiger partial charge in [-0.2, -0.15) is 0 Å². The molecule has 0 amide bonds. The number of hydrogen-bond donors (Lipinski definition) is 1. The van der Waals surface area contributed by atoms with Gasteiger partial charge in [-0.25, -0.2) is 0 Å². The SMILES string of the molecule is C=C(C)N=C(C(=C)N)C(C1=CCCC(C)=C1C)=C(C)C.CC.CC.CCCC(CC)(CCC)CC(C)CC. The highest BCUT2D eigenvalue weighted by Crippen LogP contribution is 2.40. The molecule has 0 spiro atoms. The van der Waals surface area contributed by atoms with Crippen molar-refractivity contribution < 1.29 is 0 Å². The molecule has 0 aromatic carbocycles. The van der Waals surface area contributed by atoms with Crippen LogP contribution < -0.4 is 5.73 Å². The van der Waals surface area contributed by atoms with E-state index in [2.05, 4.69) is 86.5 Å². The van der Waals surface area contributed by atoms with Gasteiger partial charge in [0.1, 0.15) is 0 Å². The Labute approximate surface area is 240 Å². The molecule has 0 aliphatic heterocycles. The Hall–Kier alpha value is -1.83. The van der Waals surface area contributed by atoms with E-state index in [4.69, 9.17) is 5.73 Å². The van der Waals surface area contributed by atoms with Gasteiger partial charge in [0.05, 0.1) is 11.4 Å². The van der Waals surface area contributed by atoms with Crippen molar-refractivity contribution in [3.05, 3.63) is 58.5 Å². The number of hydrogen-bond acceptors (Lipinski definition) is 2. The van der Waals surface area contributed by atoms with Gasteiger partial charge in [0.15, 0.2) is 0 Å². The Bertz CT molecular complexity index is 791. The fourth-order valence-corrected chi connectivity index (χ4v) is 5.18. The molecule has 0 radical (unpaired) electrons. The zero-order valence-corrected chi connectivity index (χ0v) is 28.5. The Morgan fingerprint density at radius 3 is 1.82 bits per heavy atom. The van der Waals surface area contributed by atoms with Crippen molar-refractivity contribution in [3.63, 3.8) is 0 Å². The lowest BCUT2D eigenvalue weighted by Gasteiger charge is -2.35. The third-order valence-corrected chi connectivity index (χ3v) is 7.31. The van der Waals surface area contributed by atoms with Gasteiger partial charge < -0.3 is 5.73 Å². The molecule has 1 unspecified atom stereocenters. The highest BCUT2D eigenvalue weighted by Gasteiger charge is 2.27. The maximum atomic E-state index is 5.97. The van der Waals surface area contributed by atoms with Crippen LogP contribution in [-0.2, 0) is 0 Å². The van der Waals surface area contributed by atoms with Crippen LogP contribution in [0.3, 0.4) is 0 Å². The van der Waals surface area contributed by atoms with Gasteiger partial charge in [-0.1, -0.05) is 118 Å². The molecule has 1 rings (SSSR count). The first kappa shape index (κ1) is 40.7. The van der Waals surface area contributed by atoms with Crippen LogP contribution in [0.15, 0.2) is 63.5 Å². The van der Waals surface area contributed by atoms with Crippen LogP contribution in [0.4, 0.5) is 0 Å². The third kappa shape index (κ3) is 14.9. The zero-order valence-electron chi connectivity index (χ0n) is 28.5. The Morgan fingerprint density at radius 2 is 1.47 bits per heavy atom. The standard InChI is InChI=1S/C18H26N2.C14H30.2C2H6/c1-11(2)17(18(15(7)19)20-12(3)4)16-10-8-9-13(5)14(16)6;1-6-10-14(9-4,11-7-2)12-13(5)8-3;2*1-2/h10H,3,7-9,19H2,1-2,4-6H3;13H,6-12H2,1-5H3;2*1-2H3. The summed E-state index contributed by atoms with van der Waals surface area (Å²) in [4.78, 5) is 4.51. The number of allylic oxidation sites excluding steroid dienone is 7. The first-order valence-electron chi connectivity index (χ1n) is 15.6. The largest absolute Gasteiger partial charge is 0.397 e. The predicted molar refractivity (Wildman–Crippen MR) is 179 cm³/mol. The second kappa shape index (κ2) is 23.1. The summed E-state index contributed by atoms with van der Waals surface area (Å²) in [5.74, 6) is 0.910. The predicted octanol–water partition coefficient (Wildman–Crippen LogP) is 12.3. The highest BCUT2D eigenvalue weighted by molar-refractivity contribution is 6.15. The second-order valence-corrected chi connectivity index (χ2v) is 10.7. The van der Waals surface area contributed by atoms with E-state index in [1.165, 1.54) is 67.2 Å². The average molecular weight is 529 g/mol. The molecule has 0 heterocycles. The number of rotatable bonds is 12. The number of aliphatic imine (C=N–C) groups is 1. The van der Waals surface area contributed by atoms with Crippen LogP contribution >= 0.6 is 0 Å². The summed E-state index contributed by atoms with van der Waals surface area (Å²) >= 11 is 0. The lowest BCUT2D eigenvalue weighted by molar-refractivity contribution is 0.169. The topological polar surface area (TPSA) is 38.4 Å². The van der Waals surface area contributed by atoms with Crippen molar-refractivity contribution in [2.45, 2.75) is 155 Å². The highest BCUT2D eigenvalue weighted by atomic mass is 14.8. The van der Waals surface area contributed by atoms with Crippen molar-refractivity contribution in [2.24, 2.45) is 22.1 Å². The lowest BCUT2D eigenvalue weighted by Crippen LogP contribution is -2.22. The van der Waals surface area contributed by atoms with Crippen LogP contribution in [0.25, 0.3) is 0 Å². The van der Waals surface area contributed by atoms with E-state index in [0.717, 1.165) is 35.7 Å². The monoisotopic (exact) mass is 529 g/mol. The van der Waals surface area contributed by atoms with Gasteiger partial charge in [-0.3, -0.25) is 4.99 Å². The van der Waals surface area contributed by atoms with Crippen molar-refractivity contribution >= 4 is 5.71 Å². The molecule has 0 aromatic rings. The summed E-state index contributed by atoms with van der Waals surface area (Å²) in [7, 11) is 0. The van der Waals surface area contributed by atoms with Crippen molar-refractivity contribution in [1.29, 1.82) is 0 Å². The minimum Gasteiger partial charge on any atom is -0.397 e. The average Bonchev–Trinajstić information content (AvgIpc) is 2.88. The van der Waals surface area contributed by atoms with E-state index < -0.39 is 0 Å². The minimum absolute atomic E-state index is 0.487. The van der Waals surface area contributed by atoms with Gasteiger partial charge in [0, 0.05) is 11.3 Å². The summed E-state index contributed by atoms with van der Waals surface area (Å²) in [6, 6.07) is 0. The quantitative estimate of drug-likeness (QED) is 0.251. The van der Waals surface area contributed by atoms with Gasteiger partial charge in [0.2, 0.25) is 0 Å². The van der Waals surface area contributed by atoms with Crippen LogP contribution in [0.1, 0.15) is 155 Å². The maximum Gasteiger partial charge on any atom is 0.0933 e. The minimum atomic E-state index is 0.487. The number of nitrogens with zero attached hydrogens (tertiary/aromatic N) is 1. The summed E-state index contributed by atoms with van der Waals surface area (Å²) in [6.45, 7) is 37.9. The van der Waals surface area contributed by atoms with Gasteiger partial charge in [0.25, 0.3) is 0 Å². The van der Waals surface area contributed by atoms with E-state index in [1.54, 1.807) is 0 Å². The lowest BCUT2D eigenvalue weighted by atomic mass is 9.71. The molecule has 38 heavy (non-hydrogen) atoms. The molecule has 2 nitrogen and oxygen atoms in total. The first-order chi connectivity index (χ1) is 17.9. The summed E-state index contributed by atoms with van der Waals surface area (Å²) in [5, 5.41) is 0. The Kier molecular flexibility index (Phi) is 24.7. The summed E-state index contributed by atoms with van der Waals surface area (Å²) in [5.41, 5.74) is 14.9. The molecule has 0 saturated carbocycles.